The highest BCUT2D eigenvalue weighted by Crippen LogP contribution is 2.40. The standard InChI is InChI=1S/C40H38N10O8S2/c51-59(52,57-39-34(49-21-25-55-26-22-49)37(43-47-45-39)41-31-14-6-2-7-15-31)33-18-10-13-30(20-19-29-11-4-1-5-12-29)36(33)60(53,54)58-40-35(50-23-27-56-28-24-50)38(44-48-46-40)42-32-16-8-3-9-17-32/h1-20H,21-28H2,(H,41,43,45)(H,42,44,46). The fourth-order valence-corrected chi connectivity index (χ4v) is 9.28. The number of hydrogen-bond donors (Lipinski definition) is 2. The second-order valence-electron chi connectivity index (χ2n) is 13.3. The van der Waals surface area contributed by atoms with E-state index in [0.717, 1.165) is 11.6 Å². The van der Waals surface area contributed by atoms with Gasteiger partial charge in [0.25, 0.3) is 11.8 Å². The zero-order valence-corrected chi connectivity index (χ0v) is 33.5. The van der Waals surface area contributed by atoms with Gasteiger partial charge in [0.2, 0.25) is 0 Å². The maximum atomic E-state index is 14.8. The second kappa shape index (κ2) is 18.0. The zero-order chi connectivity index (χ0) is 41.4. The molecule has 4 aromatic carbocycles. The SMILES string of the molecule is O=S(=O)(Oc1nnnc(Nc2ccccc2)c1N1CCOCC1)c1cccc(C=Cc2ccccc2)c1S(=O)(=O)Oc1nnnc(Nc2ccccc2)c1N1CCOCC1. The molecular weight excluding hydrogens is 813 g/mol. The Hall–Kier alpha value is -6.74. The number of ether oxygens (including phenoxy) is 2. The van der Waals surface area contributed by atoms with Crippen LogP contribution >= 0.6 is 0 Å². The van der Waals surface area contributed by atoms with E-state index >= 15 is 0 Å². The molecule has 2 aliphatic rings. The van der Waals surface area contributed by atoms with Crippen molar-refractivity contribution in [2.45, 2.75) is 9.79 Å². The van der Waals surface area contributed by atoms with Gasteiger partial charge in [-0.1, -0.05) is 101 Å². The summed E-state index contributed by atoms with van der Waals surface area (Å²) < 4.78 is 81.7. The first kappa shape index (κ1) is 40.1. The van der Waals surface area contributed by atoms with Crippen LogP contribution in [0.1, 0.15) is 11.1 Å². The van der Waals surface area contributed by atoms with Crippen molar-refractivity contribution in [1.29, 1.82) is 0 Å². The Kier molecular flexibility index (Phi) is 12.0. The molecule has 2 aliphatic heterocycles. The minimum Gasteiger partial charge on any atom is -0.378 e. The molecule has 0 amide bonds. The van der Waals surface area contributed by atoms with Crippen molar-refractivity contribution < 1.29 is 34.7 Å². The van der Waals surface area contributed by atoms with E-state index in [-0.39, 0.29) is 28.6 Å². The van der Waals surface area contributed by atoms with Crippen LogP contribution in [-0.4, -0.2) is 100 Å². The van der Waals surface area contributed by atoms with Crippen LogP contribution in [-0.2, 0) is 29.7 Å². The van der Waals surface area contributed by atoms with Crippen LogP contribution in [0, 0.1) is 0 Å². The van der Waals surface area contributed by atoms with E-state index in [2.05, 4.69) is 41.5 Å². The van der Waals surface area contributed by atoms with Crippen LogP contribution in [0.25, 0.3) is 12.2 Å². The molecule has 0 spiro atoms. The highest BCUT2D eigenvalue weighted by atomic mass is 32.2. The molecule has 8 rings (SSSR count). The normalized spacial score (nSPS) is 14.8. The molecule has 308 valence electrons. The number of para-hydroxylation sites is 2. The van der Waals surface area contributed by atoms with Crippen LogP contribution in [0.2, 0.25) is 0 Å². The first-order valence-corrected chi connectivity index (χ1v) is 21.6. The van der Waals surface area contributed by atoms with Gasteiger partial charge in [0.15, 0.2) is 11.6 Å². The summed E-state index contributed by atoms with van der Waals surface area (Å²) in [6, 6.07) is 31.2. The van der Waals surface area contributed by atoms with Gasteiger partial charge in [-0.25, -0.2) is 0 Å². The van der Waals surface area contributed by atoms with Crippen molar-refractivity contribution in [3.8, 4) is 11.8 Å². The van der Waals surface area contributed by atoms with E-state index in [9.17, 15) is 16.8 Å². The highest BCUT2D eigenvalue weighted by molar-refractivity contribution is 7.90. The van der Waals surface area contributed by atoms with Gasteiger partial charge in [-0.05, 0) is 51.9 Å². The molecule has 20 heteroatoms. The van der Waals surface area contributed by atoms with Crippen molar-refractivity contribution in [2.75, 3.05) is 73.0 Å². The first-order valence-electron chi connectivity index (χ1n) is 18.8. The van der Waals surface area contributed by atoms with Gasteiger partial charge < -0.3 is 38.3 Å². The lowest BCUT2D eigenvalue weighted by molar-refractivity contribution is 0.122. The maximum absolute atomic E-state index is 14.8. The summed E-state index contributed by atoms with van der Waals surface area (Å²) in [7, 11) is -10.2. The lowest BCUT2D eigenvalue weighted by Gasteiger charge is -2.30. The Labute approximate surface area is 346 Å². The summed E-state index contributed by atoms with van der Waals surface area (Å²) in [6.45, 7) is 2.72. The number of hydrogen-bond acceptors (Lipinski definition) is 18. The second-order valence-corrected chi connectivity index (χ2v) is 16.3. The molecule has 4 heterocycles. The van der Waals surface area contributed by atoms with E-state index in [4.69, 9.17) is 17.8 Å². The number of benzene rings is 4. The minimum absolute atomic E-state index is 0.0262. The third-order valence-corrected chi connectivity index (χ3v) is 12.0. The molecule has 0 radical (unpaired) electrons. The average molecular weight is 851 g/mol. The third kappa shape index (κ3) is 9.26. The maximum Gasteiger partial charge on any atom is 0.342 e. The van der Waals surface area contributed by atoms with E-state index in [0.29, 0.717) is 64.0 Å². The van der Waals surface area contributed by atoms with Crippen molar-refractivity contribution in [3.63, 3.8) is 0 Å². The summed E-state index contributed by atoms with van der Waals surface area (Å²) >= 11 is 0. The Morgan fingerprint density at radius 2 is 1.00 bits per heavy atom. The quantitative estimate of drug-likeness (QED) is 0.110. The number of nitrogens with one attached hydrogen (secondary N) is 2. The van der Waals surface area contributed by atoms with Crippen molar-refractivity contribution in [1.82, 2.24) is 30.8 Å². The molecule has 2 N–H and O–H groups in total. The largest absolute Gasteiger partial charge is 0.378 e. The molecule has 2 saturated heterocycles. The van der Waals surface area contributed by atoms with Crippen LogP contribution in [0.3, 0.4) is 0 Å². The van der Waals surface area contributed by atoms with Gasteiger partial charge in [0, 0.05) is 37.6 Å². The average Bonchev–Trinajstić information content (AvgIpc) is 3.27. The lowest BCUT2D eigenvalue weighted by atomic mass is 10.1. The molecular formula is C40H38N10O8S2. The Morgan fingerprint density at radius 3 is 1.50 bits per heavy atom. The molecule has 6 aromatic rings. The molecule has 0 atom stereocenters. The van der Waals surface area contributed by atoms with Gasteiger partial charge in [0.1, 0.15) is 21.2 Å². The molecule has 0 unspecified atom stereocenters. The summed E-state index contributed by atoms with van der Waals surface area (Å²) in [5.41, 5.74) is 2.34. The fraction of sp³-hybridized carbons (Fsp3) is 0.200. The molecule has 0 bridgehead atoms. The summed E-state index contributed by atoms with van der Waals surface area (Å²) in [4.78, 5) is 2.15. The van der Waals surface area contributed by atoms with Crippen LogP contribution < -0.4 is 28.8 Å². The fourth-order valence-electron chi connectivity index (χ4n) is 6.52. The molecule has 18 nitrogen and oxygen atoms in total. The van der Waals surface area contributed by atoms with Gasteiger partial charge in [-0.2, -0.15) is 16.8 Å². The van der Waals surface area contributed by atoms with Crippen LogP contribution in [0.4, 0.5) is 34.4 Å². The molecule has 2 fully saturated rings. The van der Waals surface area contributed by atoms with Crippen molar-refractivity contribution in [2.24, 2.45) is 0 Å². The van der Waals surface area contributed by atoms with Gasteiger partial charge in [-0.15, -0.1) is 10.2 Å². The van der Waals surface area contributed by atoms with Crippen molar-refractivity contribution in [3.05, 3.63) is 120 Å². The smallest absolute Gasteiger partial charge is 0.342 e. The van der Waals surface area contributed by atoms with Gasteiger partial charge in [0.05, 0.1) is 26.4 Å². The van der Waals surface area contributed by atoms with Crippen molar-refractivity contribution >= 4 is 66.8 Å². The number of rotatable bonds is 14. The third-order valence-electron chi connectivity index (χ3n) is 9.30. The molecule has 0 aliphatic carbocycles. The lowest BCUT2D eigenvalue weighted by Crippen LogP contribution is -2.37. The molecule has 2 aromatic heterocycles. The van der Waals surface area contributed by atoms with Crippen LogP contribution in [0.15, 0.2) is 119 Å². The monoisotopic (exact) mass is 850 g/mol. The topological polar surface area (TPSA) is 213 Å². The first-order chi connectivity index (χ1) is 29.2. The van der Waals surface area contributed by atoms with Gasteiger partial charge in [-0.3, -0.25) is 0 Å². The Balaban J connectivity index is 1.23. The summed E-state index contributed by atoms with van der Waals surface area (Å²) in [5.74, 6) is -0.567. The number of nitrogens with zero attached hydrogens (tertiary/aromatic N) is 8. The predicted molar refractivity (Wildman–Crippen MR) is 223 cm³/mol. The predicted octanol–water partition coefficient (Wildman–Crippen LogP) is 4.92. The number of anilines is 6. The number of aromatic nitrogens is 6. The van der Waals surface area contributed by atoms with E-state index in [1.165, 1.54) is 18.2 Å². The Morgan fingerprint density at radius 1 is 0.533 bits per heavy atom. The van der Waals surface area contributed by atoms with Crippen LogP contribution in [0.5, 0.6) is 11.8 Å². The number of morpholine rings is 2. The summed E-state index contributed by atoms with van der Waals surface area (Å²) in [5, 5.41) is 30.4. The van der Waals surface area contributed by atoms with E-state index < -0.39 is 41.8 Å². The van der Waals surface area contributed by atoms with E-state index in [1.807, 2.05) is 66.7 Å². The van der Waals surface area contributed by atoms with E-state index in [1.54, 1.807) is 40.1 Å². The highest BCUT2D eigenvalue weighted by Gasteiger charge is 2.36. The summed E-state index contributed by atoms with van der Waals surface area (Å²) in [6.07, 6.45) is 3.12. The molecule has 60 heavy (non-hydrogen) atoms. The Bertz CT molecular complexity index is 2670. The zero-order valence-electron chi connectivity index (χ0n) is 31.9. The minimum atomic E-state index is -5.10. The molecule has 0 saturated carbocycles. The van der Waals surface area contributed by atoms with Gasteiger partial charge >= 0.3 is 20.2 Å².